The monoisotopic (exact) mass is 463 g/mol. The van der Waals surface area contributed by atoms with E-state index in [9.17, 15) is 36.2 Å². The van der Waals surface area contributed by atoms with Crippen LogP contribution in [0.3, 0.4) is 0 Å². The lowest BCUT2D eigenvalue weighted by Gasteiger charge is -2.18. The predicted octanol–water partition coefficient (Wildman–Crippen LogP) is 5.72. The van der Waals surface area contributed by atoms with Crippen molar-refractivity contribution in [3.05, 3.63) is 59.0 Å². The second-order valence-corrected chi connectivity index (χ2v) is 7.99. The quantitative estimate of drug-likeness (QED) is 0.363. The van der Waals surface area contributed by atoms with Crippen LogP contribution >= 0.6 is 11.8 Å². The summed E-state index contributed by atoms with van der Waals surface area (Å²) in [4.78, 5) is 10.9. The number of carbonyl (C=O) groups is 1. The van der Waals surface area contributed by atoms with E-state index in [2.05, 4.69) is 0 Å². The molecule has 2 N–H and O–H groups in total. The van der Waals surface area contributed by atoms with Crippen molar-refractivity contribution in [2.75, 3.05) is 0 Å². The molecule has 0 radical (unpaired) electrons. The Kier molecular flexibility index (Phi) is 5.92. The fourth-order valence-electron chi connectivity index (χ4n) is 3.18. The van der Waals surface area contributed by atoms with Gasteiger partial charge in [-0.25, -0.2) is 4.39 Å². The molecule has 0 spiro atoms. The molecule has 3 aromatic rings. The van der Waals surface area contributed by atoms with Crippen molar-refractivity contribution in [3.8, 4) is 5.75 Å². The molecule has 0 aliphatic rings. The van der Waals surface area contributed by atoms with E-state index in [1.165, 1.54) is 12.1 Å². The third-order valence-electron chi connectivity index (χ3n) is 4.69. The minimum absolute atomic E-state index is 0.0762. The Hall–Kier alpha value is -2.82. The molecule has 11 heteroatoms. The molecule has 0 unspecified atom stereocenters. The van der Waals surface area contributed by atoms with Gasteiger partial charge >= 0.3 is 17.4 Å². The Bertz CT molecular complexity index is 1140. The number of alkyl halides is 5. The first-order valence-corrected chi connectivity index (χ1v) is 9.56. The molecule has 166 valence electrons. The van der Waals surface area contributed by atoms with Crippen LogP contribution in [0.25, 0.3) is 10.9 Å². The standard InChI is InChI=1S/C20H15F6NO3S/c1-10-13(7-18(29)30)14-6-17(28)15(21)8-16(14)27(10)9-11-2-4-12(5-3-11)31-20(25,26)19(22,23)24/h2-6,8,28H,7,9H2,1H3,(H,29,30). The van der Waals surface area contributed by atoms with E-state index in [-0.39, 0.29) is 17.9 Å². The Morgan fingerprint density at radius 1 is 1.10 bits per heavy atom. The van der Waals surface area contributed by atoms with E-state index in [4.69, 9.17) is 5.11 Å². The number of carboxylic acid groups (broad SMARTS) is 1. The molecular formula is C20H15F6NO3S. The molecule has 1 aromatic heterocycles. The largest absolute Gasteiger partial charge is 0.505 e. The van der Waals surface area contributed by atoms with Crippen molar-refractivity contribution >= 4 is 28.6 Å². The summed E-state index contributed by atoms with van der Waals surface area (Å²) in [6.45, 7) is 1.69. The number of halogens is 6. The molecule has 0 saturated carbocycles. The van der Waals surface area contributed by atoms with Gasteiger partial charge < -0.3 is 14.8 Å². The maximum absolute atomic E-state index is 13.9. The Morgan fingerprint density at radius 3 is 2.26 bits per heavy atom. The topological polar surface area (TPSA) is 62.5 Å². The number of phenols is 1. The van der Waals surface area contributed by atoms with Crippen LogP contribution in [0.2, 0.25) is 0 Å². The molecule has 2 aromatic carbocycles. The van der Waals surface area contributed by atoms with Crippen LogP contribution in [0.4, 0.5) is 26.3 Å². The molecule has 0 aliphatic heterocycles. The molecule has 0 fully saturated rings. The summed E-state index contributed by atoms with van der Waals surface area (Å²) >= 11 is -0.620. The number of benzene rings is 2. The van der Waals surface area contributed by atoms with Gasteiger partial charge in [0.25, 0.3) is 0 Å². The normalized spacial score (nSPS) is 12.5. The zero-order valence-corrected chi connectivity index (χ0v) is 16.6. The minimum atomic E-state index is -5.69. The van der Waals surface area contributed by atoms with Crippen LogP contribution in [0.15, 0.2) is 41.3 Å². The van der Waals surface area contributed by atoms with Gasteiger partial charge in [0.1, 0.15) is 0 Å². The number of hydrogen-bond donors (Lipinski definition) is 2. The van der Waals surface area contributed by atoms with Gasteiger partial charge in [-0.15, -0.1) is 0 Å². The number of hydrogen-bond acceptors (Lipinski definition) is 3. The third-order valence-corrected chi connectivity index (χ3v) is 5.69. The fourth-order valence-corrected chi connectivity index (χ4v) is 3.87. The molecule has 31 heavy (non-hydrogen) atoms. The predicted molar refractivity (Wildman–Crippen MR) is 102 cm³/mol. The second kappa shape index (κ2) is 8.03. The number of carboxylic acids is 1. The Balaban J connectivity index is 1.96. The molecule has 0 amide bonds. The first kappa shape index (κ1) is 22.9. The van der Waals surface area contributed by atoms with Crippen LogP contribution < -0.4 is 0 Å². The van der Waals surface area contributed by atoms with Crippen LogP contribution in [0, 0.1) is 12.7 Å². The van der Waals surface area contributed by atoms with Gasteiger partial charge in [-0.05, 0) is 48.0 Å². The van der Waals surface area contributed by atoms with E-state index < -0.39 is 40.7 Å². The van der Waals surface area contributed by atoms with E-state index in [0.29, 0.717) is 27.7 Å². The highest BCUT2D eigenvalue weighted by atomic mass is 32.2. The summed E-state index contributed by atoms with van der Waals surface area (Å²) in [5, 5.41) is 14.2. The fraction of sp³-hybridized carbons (Fsp3) is 0.250. The molecular weight excluding hydrogens is 448 g/mol. The van der Waals surface area contributed by atoms with Gasteiger partial charge in [0, 0.05) is 28.6 Å². The number of rotatable bonds is 6. The molecule has 1 heterocycles. The van der Waals surface area contributed by atoms with E-state index in [0.717, 1.165) is 24.3 Å². The number of phenolic OH excluding ortho intramolecular Hbond substituents is 1. The maximum Gasteiger partial charge on any atom is 0.464 e. The van der Waals surface area contributed by atoms with Crippen LogP contribution in [-0.4, -0.2) is 32.2 Å². The van der Waals surface area contributed by atoms with E-state index in [1.807, 2.05) is 0 Å². The van der Waals surface area contributed by atoms with Gasteiger partial charge in [0.15, 0.2) is 11.6 Å². The maximum atomic E-state index is 13.9. The van der Waals surface area contributed by atoms with Gasteiger partial charge in [0.2, 0.25) is 0 Å². The van der Waals surface area contributed by atoms with Gasteiger partial charge in [-0.2, -0.15) is 22.0 Å². The van der Waals surface area contributed by atoms with Crippen molar-refractivity contribution < 1.29 is 41.4 Å². The average molecular weight is 463 g/mol. The summed E-state index contributed by atoms with van der Waals surface area (Å²) in [5.41, 5.74) is 1.68. The molecule has 0 saturated heterocycles. The summed E-state index contributed by atoms with van der Waals surface area (Å²) in [5.74, 6) is -2.67. The summed E-state index contributed by atoms with van der Waals surface area (Å²) in [6, 6.07) is 7.13. The van der Waals surface area contributed by atoms with Crippen molar-refractivity contribution in [1.29, 1.82) is 0 Å². The van der Waals surface area contributed by atoms with Crippen molar-refractivity contribution in [1.82, 2.24) is 4.57 Å². The van der Waals surface area contributed by atoms with Crippen molar-refractivity contribution in [2.24, 2.45) is 0 Å². The molecule has 0 bridgehead atoms. The highest BCUT2D eigenvalue weighted by Gasteiger charge is 2.58. The van der Waals surface area contributed by atoms with E-state index >= 15 is 0 Å². The van der Waals surface area contributed by atoms with Crippen LogP contribution in [0.5, 0.6) is 5.75 Å². The lowest BCUT2D eigenvalue weighted by Crippen LogP contribution is -2.32. The average Bonchev–Trinajstić information content (AvgIpc) is 2.87. The highest BCUT2D eigenvalue weighted by molar-refractivity contribution is 8.00. The Morgan fingerprint density at radius 2 is 1.71 bits per heavy atom. The number of aliphatic carboxylic acids is 1. The Labute approximate surface area is 176 Å². The highest BCUT2D eigenvalue weighted by Crippen LogP contribution is 2.47. The number of aromatic hydroxyl groups is 1. The first-order valence-electron chi connectivity index (χ1n) is 8.74. The third kappa shape index (κ3) is 4.60. The van der Waals surface area contributed by atoms with Crippen molar-refractivity contribution in [2.45, 2.75) is 36.2 Å². The second-order valence-electron chi connectivity index (χ2n) is 6.80. The summed E-state index contributed by atoms with van der Waals surface area (Å²) in [6.07, 6.45) is -6.06. The molecule has 0 atom stereocenters. The number of fused-ring (bicyclic) bond motifs is 1. The zero-order chi connectivity index (χ0) is 23.1. The lowest BCUT2D eigenvalue weighted by molar-refractivity contribution is -0.237. The minimum Gasteiger partial charge on any atom is -0.505 e. The molecule has 3 rings (SSSR count). The number of aromatic nitrogens is 1. The van der Waals surface area contributed by atoms with Crippen LogP contribution in [-0.2, 0) is 17.8 Å². The number of nitrogens with zero attached hydrogens (tertiary/aromatic N) is 1. The SMILES string of the molecule is Cc1c(CC(=O)O)c2cc(O)c(F)cc2n1Cc1ccc(SC(F)(F)C(F)(F)F)cc1. The van der Waals surface area contributed by atoms with Gasteiger partial charge in [-0.3, -0.25) is 4.79 Å². The van der Waals surface area contributed by atoms with Gasteiger partial charge in [-0.1, -0.05) is 12.1 Å². The summed E-state index contributed by atoms with van der Waals surface area (Å²) in [7, 11) is 0. The lowest BCUT2D eigenvalue weighted by atomic mass is 10.1. The van der Waals surface area contributed by atoms with Crippen LogP contribution in [0.1, 0.15) is 16.8 Å². The van der Waals surface area contributed by atoms with E-state index in [1.54, 1.807) is 11.5 Å². The van der Waals surface area contributed by atoms with Crippen molar-refractivity contribution in [3.63, 3.8) is 0 Å². The zero-order valence-electron chi connectivity index (χ0n) is 15.8. The molecule has 4 nitrogen and oxygen atoms in total. The smallest absolute Gasteiger partial charge is 0.464 e. The summed E-state index contributed by atoms with van der Waals surface area (Å²) < 4.78 is 79.0. The first-order chi connectivity index (χ1) is 14.3. The molecule has 0 aliphatic carbocycles. The number of thioether (sulfide) groups is 1. The van der Waals surface area contributed by atoms with Gasteiger partial charge in [0.05, 0.1) is 11.9 Å².